The number of rotatable bonds is 8. The molecule has 1 heterocycles. The van der Waals surface area contributed by atoms with E-state index in [9.17, 15) is 13.5 Å². The molecule has 0 radical (unpaired) electrons. The molecule has 7 nitrogen and oxygen atoms in total. The highest BCUT2D eigenvalue weighted by atomic mass is 32.2. The predicted octanol–water partition coefficient (Wildman–Crippen LogP) is 1.68. The summed E-state index contributed by atoms with van der Waals surface area (Å²) >= 11 is 0. The summed E-state index contributed by atoms with van der Waals surface area (Å²) in [6.45, 7) is -0.258. The molecule has 1 aromatic heterocycles. The normalized spacial score (nSPS) is 14.0. The molecule has 0 fully saturated rings. The Bertz CT molecular complexity index is 958. The molecule has 1 atom stereocenters. The van der Waals surface area contributed by atoms with Gasteiger partial charge in [-0.1, -0.05) is 30.3 Å². The third-order valence-electron chi connectivity index (χ3n) is 4.16. The van der Waals surface area contributed by atoms with Crippen molar-refractivity contribution in [2.45, 2.75) is 10.5 Å². The van der Waals surface area contributed by atoms with Crippen molar-refractivity contribution >= 4 is 10.0 Å². The number of sulfonamides is 1. The minimum Gasteiger partial charge on any atom is -0.381 e. The van der Waals surface area contributed by atoms with Crippen LogP contribution in [0.3, 0.4) is 0 Å². The van der Waals surface area contributed by atoms with Crippen LogP contribution in [0.1, 0.15) is 5.56 Å². The third kappa shape index (κ3) is 4.42. The van der Waals surface area contributed by atoms with E-state index in [0.717, 1.165) is 5.69 Å². The maximum Gasteiger partial charge on any atom is 0.240 e. The number of benzene rings is 2. The van der Waals surface area contributed by atoms with Gasteiger partial charge < -0.3 is 9.84 Å². The Morgan fingerprint density at radius 1 is 1.11 bits per heavy atom. The number of aliphatic hydroxyl groups is 1. The Hall–Kier alpha value is -2.52. The standard InChI is InChI=1S/C19H21N3O4S/c1-26-15-19(23,16-6-3-2-4-7-16)14-21-27(24,25)18-10-8-17(9-11-18)22-13-5-12-20-22/h2-13,21,23H,14-15H2,1H3/t19-/m0/s1. The molecule has 8 heteroatoms. The van der Waals surface area contributed by atoms with Gasteiger partial charge in [-0.15, -0.1) is 0 Å². The van der Waals surface area contributed by atoms with Crippen LogP contribution in [0.25, 0.3) is 5.69 Å². The first-order valence-corrected chi connectivity index (χ1v) is 9.79. The van der Waals surface area contributed by atoms with Crippen LogP contribution in [0.5, 0.6) is 0 Å². The molecular weight excluding hydrogens is 366 g/mol. The summed E-state index contributed by atoms with van der Waals surface area (Å²) in [6, 6.07) is 16.9. The lowest BCUT2D eigenvalue weighted by atomic mass is 9.95. The van der Waals surface area contributed by atoms with E-state index < -0.39 is 15.6 Å². The van der Waals surface area contributed by atoms with Crippen molar-refractivity contribution < 1.29 is 18.3 Å². The zero-order valence-corrected chi connectivity index (χ0v) is 15.6. The van der Waals surface area contributed by atoms with E-state index in [1.54, 1.807) is 59.5 Å². The first-order valence-electron chi connectivity index (χ1n) is 8.31. The van der Waals surface area contributed by atoms with Gasteiger partial charge in [0.1, 0.15) is 5.60 Å². The molecule has 0 saturated heterocycles. The fourth-order valence-electron chi connectivity index (χ4n) is 2.72. The van der Waals surface area contributed by atoms with Crippen molar-refractivity contribution in [1.82, 2.24) is 14.5 Å². The first-order chi connectivity index (χ1) is 12.9. The van der Waals surface area contributed by atoms with Crippen LogP contribution in [-0.4, -0.2) is 43.6 Å². The molecule has 0 bridgehead atoms. The van der Waals surface area contributed by atoms with Crippen LogP contribution < -0.4 is 4.72 Å². The maximum atomic E-state index is 12.6. The molecule has 0 aliphatic heterocycles. The molecular formula is C19H21N3O4S. The van der Waals surface area contributed by atoms with Crippen molar-refractivity contribution in [3.8, 4) is 5.69 Å². The fourth-order valence-corrected chi connectivity index (χ4v) is 3.81. The zero-order chi connectivity index (χ0) is 19.3. The van der Waals surface area contributed by atoms with Crippen LogP contribution in [0, 0.1) is 0 Å². The molecule has 3 rings (SSSR count). The van der Waals surface area contributed by atoms with Crippen LogP contribution >= 0.6 is 0 Å². The van der Waals surface area contributed by atoms with Crippen LogP contribution in [0.2, 0.25) is 0 Å². The van der Waals surface area contributed by atoms with E-state index in [4.69, 9.17) is 4.74 Å². The number of nitrogens with one attached hydrogen (secondary N) is 1. The number of aromatic nitrogens is 2. The summed E-state index contributed by atoms with van der Waals surface area (Å²) in [5, 5.41) is 15.0. The summed E-state index contributed by atoms with van der Waals surface area (Å²) in [6.07, 6.45) is 3.42. The second-order valence-electron chi connectivity index (χ2n) is 6.10. The van der Waals surface area contributed by atoms with E-state index in [1.807, 2.05) is 6.07 Å². The molecule has 0 aliphatic rings. The summed E-state index contributed by atoms with van der Waals surface area (Å²) in [5.74, 6) is 0. The fraction of sp³-hybridized carbons (Fsp3) is 0.211. The summed E-state index contributed by atoms with van der Waals surface area (Å²) in [7, 11) is -2.35. The predicted molar refractivity (Wildman–Crippen MR) is 101 cm³/mol. The average molecular weight is 387 g/mol. The largest absolute Gasteiger partial charge is 0.381 e. The van der Waals surface area contributed by atoms with Gasteiger partial charge in [-0.3, -0.25) is 0 Å². The SMILES string of the molecule is COC[C@@](O)(CNS(=O)(=O)c1ccc(-n2cccn2)cc1)c1ccccc1. The monoisotopic (exact) mass is 387 g/mol. The molecule has 27 heavy (non-hydrogen) atoms. The van der Waals surface area contributed by atoms with Crippen LogP contribution in [0.15, 0.2) is 78.0 Å². The number of nitrogens with zero attached hydrogens (tertiary/aromatic N) is 2. The summed E-state index contributed by atoms with van der Waals surface area (Å²) < 4.78 is 34.5. The highest BCUT2D eigenvalue weighted by Gasteiger charge is 2.31. The van der Waals surface area contributed by atoms with E-state index in [0.29, 0.717) is 5.56 Å². The van der Waals surface area contributed by atoms with Gasteiger partial charge in [-0.25, -0.2) is 17.8 Å². The Morgan fingerprint density at radius 3 is 2.41 bits per heavy atom. The Labute approximate surface area is 158 Å². The van der Waals surface area contributed by atoms with E-state index in [2.05, 4.69) is 9.82 Å². The van der Waals surface area contributed by atoms with Crippen LogP contribution in [0.4, 0.5) is 0 Å². The molecule has 2 aromatic carbocycles. The molecule has 3 aromatic rings. The third-order valence-corrected chi connectivity index (χ3v) is 5.58. The molecule has 0 unspecified atom stereocenters. The van der Waals surface area contributed by atoms with E-state index in [1.165, 1.54) is 19.2 Å². The van der Waals surface area contributed by atoms with Crippen LogP contribution in [-0.2, 0) is 20.4 Å². The van der Waals surface area contributed by atoms with Gasteiger partial charge in [0.25, 0.3) is 0 Å². The van der Waals surface area contributed by atoms with Crippen molar-refractivity contribution in [3.63, 3.8) is 0 Å². The maximum absolute atomic E-state index is 12.6. The molecule has 0 spiro atoms. The van der Waals surface area contributed by atoms with Crippen molar-refractivity contribution in [2.75, 3.05) is 20.3 Å². The number of ether oxygens (including phenoxy) is 1. The summed E-state index contributed by atoms with van der Waals surface area (Å²) in [4.78, 5) is 0.103. The van der Waals surface area contributed by atoms with E-state index in [-0.39, 0.29) is 18.0 Å². The zero-order valence-electron chi connectivity index (χ0n) is 14.8. The number of hydrogen-bond acceptors (Lipinski definition) is 5. The molecule has 0 saturated carbocycles. The smallest absolute Gasteiger partial charge is 0.240 e. The van der Waals surface area contributed by atoms with Gasteiger partial charge in [0.2, 0.25) is 10.0 Å². The van der Waals surface area contributed by atoms with Gasteiger partial charge in [-0.2, -0.15) is 5.10 Å². The van der Waals surface area contributed by atoms with Gasteiger partial charge >= 0.3 is 0 Å². The highest BCUT2D eigenvalue weighted by molar-refractivity contribution is 7.89. The lowest BCUT2D eigenvalue weighted by molar-refractivity contribution is -0.0310. The molecule has 0 amide bonds. The lowest BCUT2D eigenvalue weighted by Crippen LogP contribution is -2.43. The minimum atomic E-state index is -3.80. The van der Waals surface area contributed by atoms with E-state index >= 15 is 0 Å². The van der Waals surface area contributed by atoms with Gasteiger partial charge in [-0.05, 0) is 35.9 Å². The Balaban J connectivity index is 1.77. The average Bonchev–Trinajstić information content (AvgIpc) is 3.22. The number of hydrogen-bond donors (Lipinski definition) is 2. The molecule has 2 N–H and O–H groups in total. The molecule has 142 valence electrons. The van der Waals surface area contributed by atoms with Gasteiger partial charge in [0, 0.05) is 26.0 Å². The van der Waals surface area contributed by atoms with Gasteiger partial charge in [0.15, 0.2) is 0 Å². The molecule has 0 aliphatic carbocycles. The Morgan fingerprint density at radius 2 is 1.81 bits per heavy atom. The lowest BCUT2D eigenvalue weighted by Gasteiger charge is -2.28. The second-order valence-corrected chi connectivity index (χ2v) is 7.87. The highest BCUT2D eigenvalue weighted by Crippen LogP contribution is 2.22. The van der Waals surface area contributed by atoms with Gasteiger partial charge in [0.05, 0.1) is 17.2 Å². The van der Waals surface area contributed by atoms with Crippen molar-refractivity contribution in [3.05, 3.63) is 78.6 Å². The van der Waals surface area contributed by atoms with Crippen molar-refractivity contribution in [2.24, 2.45) is 0 Å². The summed E-state index contributed by atoms with van der Waals surface area (Å²) in [5.41, 5.74) is -0.152. The quantitative estimate of drug-likeness (QED) is 0.613. The van der Waals surface area contributed by atoms with Crippen molar-refractivity contribution in [1.29, 1.82) is 0 Å². The topological polar surface area (TPSA) is 93.5 Å². The number of methoxy groups -OCH3 is 1. The Kier molecular flexibility index (Phi) is 5.71. The minimum absolute atomic E-state index is 0.0439. The first kappa shape index (κ1) is 19.2. The second kappa shape index (κ2) is 8.01.